The summed E-state index contributed by atoms with van der Waals surface area (Å²) in [5, 5.41) is 3.22. The number of rotatable bonds is 1. The third-order valence-corrected chi connectivity index (χ3v) is 4.60. The molecule has 3 saturated heterocycles. The number of carbonyl (C=O) groups is 1. The number of carbonyl (C=O) groups excluding carboxylic acids is 1. The monoisotopic (exact) mass is 258 g/mol. The molecular formula is C11H18N2O3S. The maximum absolute atomic E-state index is 12.2. The molecule has 17 heavy (non-hydrogen) atoms. The molecule has 0 aromatic rings. The molecule has 1 amide bonds. The fraction of sp³-hybridized carbons (Fsp3) is 0.909. The van der Waals surface area contributed by atoms with Crippen LogP contribution in [0.1, 0.15) is 12.8 Å². The Morgan fingerprint density at radius 1 is 1.29 bits per heavy atom. The molecule has 3 fully saturated rings. The number of likely N-dealkylation sites (tertiary alicyclic amines) is 1. The highest BCUT2D eigenvalue weighted by Gasteiger charge is 2.41. The van der Waals surface area contributed by atoms with Crippen molar-refractivity contribution in [3.63, 3.8) is 0 Å². The zero-order valence-electron chi connectivity index (χ0n) is 9.81. The van der Waals surface area contributed by atoms with Crippen molar-refractivity contribution in [2.45, 2.75) is 24.7 Å². The van der Waals surface area contributed by atoms with Gasteiger partial charge < -0.3 is 14.4 Å². The van der Waals surface area contributed by atoms with Crippen molar-refractivity contribution in [3.8, 4) is 0 Å². The third kappa shape index (κ3) is 2.31. The topological polar surface area (TPSA) is 50.8 Å². The van der Waals surface area contributed by atoms with Crippen molar-refractivity contribution < 1.29 is 14.3 Å². The van der Waals surface area contributed by atoms with Crippen LogP contribution in [0.25, 0.3) is 0 Å². The minimum Gasteiger partial charge on any atom is -0.347 e. The molecule has 0 bridgehead atoms. The van der Waals surface area contributed by atoms with Crippen LogP contribution in [-0.4, -0.2) is 60.6 Å². The average Bonchev–Trinajstić information content (AvgIpc) is 3.01. The van der Waals surface area contributed by atoms with Gasteiger partial charge in [-0.2, -0.15) is 0 Å². The third-order valence-electron chi connectivity index (χ3n) is 3.66. The second-order valence-electron chi connectivity index (χ2n) is 4.70. The lowest BCUT2D eigenvalue weighted by atomic mass is 10.0. The van der Waals surface area contributed by atoms with E-state index >= 15 is 0 Å². The van der Waals surface area contributed by atoms with Gasteiger partial charge in [-0.3, -0.25) is 10.1 Å². The molecular weight excluding hydrogens is 240 g/mol. The van der Waals surface area contributed by atoms with Gasteiger partial charge >= 0.3 is 0 Å². The lowest BCUT2D eigenvalue weighted by molar-refractivity contribution is -0.187. The molecule has 0 radical (unpaired) electrons. The van der Waals surface area contributed by atoms with Crippen LogP contribution in [-0.2, 0) is 14.3 Å². The van der Waals surface area contributed by atoms with Gasteiger partial charge in [-0.25, -0.2) is 0 Å². The summed E-state index contributed by atoms with van der Waals surface area (Å²) in [6.45, 7) is 2.88. The molecule has 6 heteroatoms. The number of hydrogen-bond acceptors (Lipinski definition) is 5. The summed E-state index contributed by atoms with van der Waals surface area (Å²) in [7, 11) is 0. The molecule has 1 N–H and O–H groups in total. The normalized spacial score (nSPS) is 32.2. The first-order valence-corrected chi connectivity index (χ1v) is 7.32. The Hall–Kier alpha value is -0.300. The summed E-state index contributed by atoms with van der Waals surface area (Å²) >= 11 is 1.79. The standard InChI is InChI=1S/C11H18N2O3S/c14-10(9-7-17-8-12-9)13-3-1-11(2-4-13)15-5-6-16-11/h9,12H,1-8H2. The SMILES string of the molecule is O=C(C1CSCN1)N1CCC2(CC1)OCCO2. The first-order chi connectivity index (χ1) is 8.29. The van der Waals surface area contributed by atoms with Gasteiger partial charge in [0.05, 0.1) is 19.3 Å². The summed E-state index contributed by atoms with van der Waals surface area (Å²) in [5.41, 5.74) is 0. The molecule has 0 aromatic heterocycles. The van der Waals surface area contributed by atoms with E-state index in [-0.39, 0.29) is 17.7 Å². The van der Waals surface area contributed by atoms with E-state index in [2.05, 4.69) is 5.32 Å². The van der Waals surface area contributed by atoms with Crippen LogP contribution in [0, 0.1) is 0 Å². The van der Waals surface area contributed by atoms with Gasteiger partial charge in [0.25, 0.3) is 0 Å². The van der Waals surface area contributed by atoms with E-state index < -0.39 is 0 Å². The van der Waals surface area contributed by atoms with Gasteiger partial charge in [0, 0.05) is 37.6 Å². The Labute approximate surface area is 105 Å². The fourth-order valence-corrected chi connectivity index (χ4v) is 3.56. The van der Waals surface area contributed by atoms with Gasteiger partial charge in [-0.05, 0) is 0 Å². The largest absolute Gasteiger partial charge is 0.347 e. The fourth-order valence-electron chi connectivity index (χ4n) is 2.63. The second kappa shape index (κ2) is 4.76. The van der Waals surface area contributed by atoms with E-state index in [4.69, 9.17) is 9.47 Å². The summed E-state index contributed by atoms with van der Waals surface area (Å²) in [6, 6.07) is 0.0134. The first kappa shape index (κ1) is 11.8. The van der Waals surface area contributed by atoms with E-state index in [1.807, 2.05) is 4.90 Å². The van der Waals surface area contributed by atoms with E-state index in [9.17, 15) is 4.79 Å². The van der Waals surface area contributed by atoms with Crippen molar-refractivity contribution in [1.29, 1.82) is 0 Å². The maximum atomic E-state index is 12.2. The van der Waals surface area contributed by atoms with Crippen LogP contribution in [0.4, 0.5) is 0 Å². The van der Waals surface area contributed by atoms with Crippen molar-refractivity contribution in [1.82, 2.24) is 10.2 Å². The van der Waals surface area contributed by atoms with Crippen LogP contribution in [0.5, 0.6) is 0 Å². The van der Waals surface area contributed by atoms with Gasteiger partial charge in [-0.1, -0.05) is 0 Å². The van der Waals surface area contributed by atoms with Gasteiger partial charge in [0.1, 0.15) is 0 Å². The molecule has 0 aromatic carbocycles. The molecule has 3 rings (SSSR count). The van der Waals surface area contributed by atoms with Crippen LogP contribution in [0.3, 0.4) is 0 Å². The number of nitrogens with zero attached hydrogens (tertiary/aromatic N) is 1. The smallest absolute Gasteiger partial charge is 0.240 e. The Morgan fingerprint density at radius 3 is 2.59 bits per heavy atom. The highest BCUT2D eigenvalue weighted by molar-refractivity contribution is 7.99. The molecule has 1 atom stereocenters. The predicted octanol–water partition coefficient (Wildman–Crippen LogP) is 0.0144. The van der Waals surface area contributed by atoms with Crippen molar-refractivity contribution in [2.75, 3.05) is 37.9 Å². The zero-order chi connectivity index (χ0) is 11.7. The molecule has 3 heterocycles. The highest BCUT2D eigenvalue weighted by atomic mass is 32.2. The predicted molar refractivity (Wildman–Crippen MR) is 64.7 cm³/mol. The van der Waals surface area contributed by atoms with Crippen LogP contribution in [0.15, 0.2) is 0 Å². The number of hydrogen-bond donors (Lipinski definition) is 1. The summed E-state index contributed by atoms with van der Waals surface area (Å²) in [6.07, 6.45) is 1.61. The summed E-state index contributed by atoms with van der Waals surface area (Å²) in [5.74, 6) is 1.64. The Balaban J connectivity index is 1.55. The zero-order valence-corrected chi connectivity index (χ0v) is 10.6. The number of amides is 1. The molecule has 5 nitrogen and oxygen atoms in total. The molecule has 3 aliphatic rings. The Kier molecular flexibility index (Phi) is 3.30. The van der Waals surface area contributed by atoms with Crippen LogP contribution >= 0.6 is 11.8 Å². The molecule has 3 aliphatic heterocycles. The minimum atomic E-state index is -0.380. The minimum absolute atomic E-state index is 0.0134. The van der Waals surface area contributed by atoms with Gasteiger partial charge in [0.15, 0.2) is 5.79 Å². The molecule has 0 saturated carbocycles. The van der Waals surface area contributed by atoms with E-state index in [0.29, 0.717) is 13.2 Å². The summed E-state index contributed by atoms with van der Waals surface area (Å²) < 4.78 is 11.3. The van der Waals surface area contributed by atoms with Crippen LogP contribution in [0.2, 0.25) is 0 Å². The van der Waals surface area contributed by atoms with Crippen molar-refractivity contribution >= 4 is 17.7 Å². The number of piperidine rings is 1. The van der Waals surface area contributed by atoms with E-state index in [1.54, 1.807) is 11.8 Å². The molecule has 96 valence electrons. The maximum Gasteiger partial charge on any atom is 0.240 e. The Morgan fingerprint density at radius 2 is 2.00 bits per heavy atom. The highest BCUT2D eigenvalue weighted by Crippen LogP contribution is 2.31. The van der Waals surface area contributed by atoms with Crippen LogP contribution < -0.4 is 5.32 Å². The molecule has 1 spiro atoms. The number of ether oxygens (including phenoxy) is 2. The lowest BCUT2D eigenvalue weighted by Gasteiger charge is -2.38. The van der Waals surface area contributed by atoms with E-state index in [1.165, 1.54) is 0 Å². The van der Waals surface area contributed by atoms with Crippen molar-refractivity contribution in [2.24, 2.45) is 0 Å². The number of thioether (sulfide) groups is 1. The quantitative estimate of drug-likeness (QED) is 0.718. The first-order valence-electron chi connectivity index (χ1n) is 6.17. The number of nitrogens with one attached hydrogen (secondary N) is 1. The average molecular weight is 258 g/mol. The van der Waals surface area contributed by atoms with Gasteiger partial charge in [0.2, 0.25) is 5.91 Å². The lowest BCUT2D eigenvalue weighted by Crippen LogP contribution is -2.52. The molecule has 0 aliphatic carbocycles. The molecule has 1 unspecified atom stereocenters. The van der Waals surface area contributed by atoms with E-state index in [0.717, 1.165) is 37.6 Å². The Bertz CT molecular complexity index is 291. The van der Waals surface area contributed by atoms with Gasteiger partial charge in [-0.15, -0.1) is 11.8 Å². The summed E-state index contributed by atoms with van der Waals surface area (Å²) in [4.78, 5) is 14.1. The van der Waals surface area contributed by atoms with Crippen molar-refractivity contribution in [3.05, 3.63) is 0 Å². The second-order valence-corrected chi connectivity index (χ2v) is 5.73.